The summed E-state index contributed by atoms with van der Waals surface area (Å²) in [6.45, 7) is 2.75. The highest BCUT2D eigenvalue weighted by molar-refractivity contribution is 6.32. The summed E-state index contributed by atoms with van der Waals surface area (Å²) in [5.74, 6) is 0.165. The van der Waals surface area contributed by atoms with Crippen molar-refractivity contribution in [1.29, 1.82) is 0 Å². The van der Waals surface area contributed by atoms with Crippen molar-refractivity contribution < 1.29 is 17.9 Å². The van der Waals surface area contributed by atoms with Gasteiger partial charge in [0, 0.05) is 7.11 Å². The van der Waals surface area contributed by atoms with Crippen LogP contribution in [0.15, 0.2) is 11.0 Å². The molecule has 1 rings (SSSR count). The number of methoxy groups -OCH3 is 1. The van der Waals surface area contributed by atoms with Gasteiger partial charge in [-0.05, 0) is 5.92 Å². The van der Waals surface area contributed by atoms with Gasteiger partial charge in [0.1, 0.15) is 11.6 Å². The summed E-state index contributed by atoms with van der Waals surface area (Å²) in [7, 11) is 1.53. The average molecular weight is 328 g/mol. The summed E-state index contributed by atoms with van der Waals surface area (Å²) < 4.78 is 42.2. The Bertz CT molecular complexity index is 531. The molecule has 21 heavy (non-hydrogen) atoms. The fraction of sp³-hybridized carbons (Fsp3) is 0.667. The third-order valence-corrected chi connectivity index (χ3v) is 3.17. The molecule has 0 fully saturated rings. The standard InChI is InChI=1S/C12H17ClF3N3O2/c1-7(2)9(5-21-3)18-8-4-17-19(6-12(14,15)16)11(20)10(8)13/h4,7,9,18H,5-6H2,1-3H3. The molecule has 5 nitrogen and oxygen atoms in total. The van der Waals surface area contributed by atoms with Crippen molar-refractivity contribution in [2.75, 3.05) is 19.0 Å². The SMILES string of the molecule is COCC(Nc1cnn(CC(F)(F)F)c(=O)c1Cl)C(C)C. The van der Waals surface area contributed by atoms with Crippen molar-refractivity contribution in [1.82, 2.24) is 9.78 Å². The Morgan fingerprint density at radius 1 is 1.48 bits per heavy atom. The van der Waals surface area contributed by atoms with Gasteiger partial charge < -0.3 is 10.1 Å². The first-order valence-electron chi connectivity index (χ1n) is 6.23. The van der Waals surface area contributed by atoms with Crippen LogP contribution >= 0.6 is 11.6 Å². The number of halogens is 4. The van der Waals surface area contributed by atoms with Crippen molar-refractivity contribution in [3.8, 4) is 0 Å². The number of aromatic nitrogens is 2. The maximum Gasteiger partial charge on any atom is 0.408 e. The first kappa shape index (κ1) is 17.8. The fourth-order valence-electron chi connectivity index (χ4n) is 1.63. The molecule has 0 aliphatic heterocycles. The molecule has 0 saturated heterocycles. The Morgan fingerprint density at radius 2 is 2.10 bits per heavy atom. The Hall–Kier alpha value is -1.28. The number of nitrogens with zero attached hydrogens (tertiary/aromatic N) is 2. The highest BCUT2D eigenvalue weighted by Crippen LogP contribution is 2.21. The van der Waals surface area contributed by atoms with Gasteiger partial charge in [0.05, 0.1) is 24.5 Å². The topological polar surface area (TPSA) is 56.1 Å². The summed E-state index contributed by atoms with van der Waals surface area (Å²) in [5, 5.41) is 6.13. The lowest BCUT2D eigenvalue weighted by molar-refractivity contribution is -0.143. The third kappa shape index (κ3) is 5.20. The molecule has 0 saturated carbocycles. The zero-order valence-corrected chi connectivity index (χ0v) is 12.6. The lowest BCUT2D eigenvalue weighted by atomic mass is 10.1. The maximum absolute atomic E-state index is 12.3. The van der Waals surface area contributed by atoms with Gasteiger partial charge >= 0.3 is 6.18 Å². The van der Waals surface area contributed by atoms with Crippen LogP contribution in [0.5, 0.6) is 0 Å². The molecule has 1 aromatic heterocycles. The van der Waals surface area contributed by atoms with E-state index in [4.69, 9.17) is 16.3 Å². The molecule has 0 aliphatic rings. The van der Waals surface area contributed by atoms with E-state index in [0.29, 0.717) is 6.61 Å². The van der Waals surface area contributed by atoms with Gasteiger partial charge in [-0.2, -0.15) is 18.3 Å². The summed E-state index contributed by atoms with van der Waals surface area (Å²) in [5.41, 5.74) is -0.797. The van der Waals surface area contributed by atoms with Crippen LogP contribution in [0.25, 0.3) is 0 Å². The molecule has 9 heteroatoms. The van der Waals surface area contributed by atoms with Gasteiger partial charge in [0.25, 0.3) is 5.56 Å². The second kappa shape index (κ2) is 7.13. The highest BCUT2D eigenvalue weighted by Gasteiger charge is 2.30. The lowest BCUT2D eigenvalue weighted by Crippen LogP contribution is -2.34. The molecular formula is C12H17ClF3N3O2. The number of ether oxygens (including phenoxy) is 1. The highest BCUT2D eigenvalue weighted by atomic mass is 35.5. The Balaban J connectivity index is 3.01. The van der Waals surface area contributed by atoms with Crippen LogP contribution in [0.1, 0.15) is 13.8 Å². The van der Waals surface area contributed by atoms with E-state index >= 15 is 0 Å². The van der Waals surface area contributed by atoms with Gasteiger partial charge in [-0.25, -0.2) is 4.68 Å². The van der Waals surface area contributed by atoms with Crippen molar-refractivity contribution in [3.63, 3.8) is 0 Å². The Morgan fingerprint density at radius 3 is 2.57 bits per heavy atom. The van der Waals surface area contributed by atoms with Crippen LogP contribution in [0.2, 0.25) is 5.02 Å². The zero-order valence-electron chi connectivity index (χ0n) is 11.9. The largest absolute Gasteiger partial charge is 0.408 e. The van der Waals surface area contributed by atoms with Gasteiger partial charge in [0.2, 0.25) is 0 Å². The quantitative estimate of drug-likeness (QED) is 0.872. The monoisotopic (exact) mass is 327 g/mol. The summed E-state index contributed by atoms with van der Waals surface area (Å²) in [4.78, 5) is 11.8. The normalized spacial score (nSPS) is 13.5. The number of nitrogens with one attached hydrogen (secondary N) is 1. The van der Waals surface area contributed by atoms with Crippen LogP contribution in [-0.4, -0.2) is 35.7 Å². The van der Waals surface area contributed by atoms with Gasteiger partial charge in [-0.3, -0.25) is 4.79 Å². The van der Waals surface area contributed by atoms with Crippen molar-refractivity contribution in [3.05, 3.63) is 21.6 Å². The molecule has 1 N–H and O–H groups in total. The molecule has 0 radical (unpaired) electrons. The third-order valence-electron chi connectivity index (χ3n) is 2.81. The summed E-state index contributed by atoms with van der Waals surface area (Å²) in [6, 6.07) is -0.146. The van der Waals surface area contributed by atoms with E-state index in [1.54, 1.807) is 0 Å². The van der Waals surface area contributed by atoms with Gasteiger partial charge in [-0.1, -0.05) is 25.4 Å². The molecule has 0 aliphatic carbocycles. The van der Waals surface area contributed by atoms with Crippen LogP contribution in [-0.2, 0) is 11.3 Å². The molecule has 120 valence electrons. The van der Waals surface area contributed by atoms with Gasteiger partial charge in [-0.15, -0.1) is 0 Å². The van der Waals surface area contributed by atoms with E-state index < -0.39 is 18.3 Å². The molecule has 0 aromatic carbocycles. The fourth-order valence-corrected chi connectivity index (χ4v) is 1.83. The van der Waals surface area contributed by atoms with E-state index in [1.807, 2.05) is 13.8 Å². The predicted molar refractivity (Wildman–Crippen MR) is 73.7 cm³/mol. The number of rotatable bonds is 6. The molecule has 1 aromatic rings. The van der Waals surface area contributed by atoms with E-state index in [0.717, 1.165) is 6.20 Å². The van der Waals surface area contributed by atoms with Crippen molar-refractivity contribution in [2.24, 2.45) is 5.92 Å². The molecule has 1 heterocycles. The average Bonchev–Trinajstić information content (AvgIpc) is 2.36. The lowest BCUT2D eigenvalue weighted by Gasteiger charge is -2.23. The minimum absolute atomic E-state index is 0.146. The predicted octanol–water partition coefficient (Wildman–Crippen LogP) is 2.54. The Labute approximate surface area is 125 Å². The van der Waals surface area contributed by atoms with Crippen molar-refractivity contribution >= 4 is 17.3 Å². The molecule has 1 unspecified atom stereocenters. The minimum Gasteiger partial charge on any atom is -0.383 e. The van der Waals surface area contributed by atoms with E-state index in [9.17, 15) is 18.0 Å². The summed E-state index contributed by atoms with van der Waals surface area (Å²) in [6.07, 6.45) is -3.42. The first-order valence-corrected chi connectivity index (χ1v) is 6.61. The summed E-state index contributed by atoms with van der Waals surface area (Å²) >= 11 is 5.83. The zero-order chi connectivity index (χ0) is 16.2. The van der Waals surface area contributed by atoms with Crippen LogP contribution in [0.3, 0.4) is 0 Å². The van der Waals surface area contributed by atoms with E-state index in [-0.39, 0.29) is 27.4 Å². The number of alkyl halides is 3. The molecule has 1 atom stereocenters. The number of anilines is 1. The number of hydrogen-bond acceptors (Lipinski definition) is 4. The molecule has 0 amide bonds. The maximum atomic E-state index is 12.3. The second-order valence-corrected chi connectivity index (χ2v) is 5.28. The van der Waals surface area contributed by atoms with E-state index in [1.165, 1.54) is 7.11 Å². The van der Waals surface area contributed by atoms with Gasteiger partial charge in [0.15, 0.2) is 0 Å². The molecular weight excluding hydrogens is 311 g/mol. The van der Waals surface area contributed by atoms with E-state index in [2.05, 4.69) is 10.4 Å². The van der Waals surface area contributed by atoms with Crippen molar-refractivity contribution in [2.45, 2.75) is 32.6 Å². The van der Waals surface area contributed by atoms with Crippen LogP contribution in [0.4, 0.5) is 18.9 Å². The molecule has 0 spiro atoms. The second-order valence-electron chi connectivity index (χ2n) is 4.90. The van der Waals surface area contributed by atoms with Crippen LogP contribution in [0, 0.1) is 5.92 Å². The number of hydrogen-bond donors (Lipinski definition) is 1. The van der Waals surface area contributed by atoms with Crippen LogP contribution < -0.4 is 10.9 Å². The molecule has 0 bridgehead atoms. The minimum atomic E-state index is -4.54. The first-order chi connectivity index (χ1) is 9.65. The Kier molecular flexibility index (Phi) is 6.03. The smallest absolute Gasteiger partial charge is 0.383 e.